The summed E-state index contributed by atoms with van der Waals surface area (Å²) in [6.45, 7) is 0.681. The number of nitrogens with one attached hydrogen (secondary N) is 1. The summed E-state index contributed by atoms with van der Waals surface area (Å²) in [4.78, 5) is 28.3. The van der Waals surface area contributed by atoms with Crippen LogP contribution in [0.2, 0.25) is 0 Å². The zero-order valence-electron chi connectivity index (χ0n) is 21.8. The molecule has 1 aromatic carbocycles. The highest BCUT2D eigenvalue weighted by atomic mass is 32.2. The van der Waals surface area contributed by atoms with Crippen LogP contribution in [0.4, 0.5) is 4.79 Å². The molecule has 8 heteroatoms. The summed E-state index contributed by atoms with van der Waals surface area (Å²) in [6.07, 6.45) is 10.8. The van der Waals surface area contributed by atoms with Gasteiger partial charge < -0.3 is 24.4 Å². The lowest BCUT2D eigenvalue weighted by atomic mass is 9.53. The average molecular weight is 517 g/mol. The first-order chi connectivity index (χ1) is 17.4. The van der Waals surface area contributed by atoms with Crippen LogP contribution in [-0.4, -0.2) is 61.3 Å². The smallest absolute Gasteiger partial charge is 0.318 e. The molecule has 1 aliphatic heterocycles. The molecule has 7 nitrogen and oxygen atoms in total. The molecule has 2 amide bonds. The van der Waals surface area contributed by atoms with E-state index in [1.54, 1.807) is 21.3 Å². The third-order valence-electron chi connectivity index (χ3n) is 8.77. The number of hydrogen-bond acceptors (Lipinski definition) is 6. The number of methoxy groups -OCH3 is 3. The van der Waals surface area contributed by atoms with E-state index in [1.165, 1.54) is 31.0 Å². The van der Waals surface area contributed by atoms with Crippen LogP contribution in [0.5, 0.6) is 17.2 Å². The Morgan fingerprint density at radius 1 is 1.00 bits per heavy atom. The van der Waals surface area contributed by atoms with Crippen molar-refractivity contribution in [2.45, 2.75) is 75.8 Å². The molecule has 198 valence electrons. The van der Waals surface area contributed by atoms with Gasteiger partial charge in [0, 0.05) is 17.8 Å². The molecule has 1 saturated heterocycles. The number of aryl methyl sites for hydroxylation is 1. The molecular weight excluding hydrogens is 476 g/mol. The first-order valence-electron chi connectivity index (χ1n) is 13.5. The van der Waals surface area contributed by atoms with Gasteiger partial charge in [0.25, 0.3) is 0 Å². The molecule has 4 aliphatic carbocycles. The predicted octanol–water partition coefficient (Wildman–Crippen LogP) is 5.05. The lowest BCUT2D eigenvalue weighted by Gasteiger charge is -2.57. The number of urea groups is 1. The highest BCUT2D eigenvalue weighted by Crippen LogP contribution is 2.55. The monoisotopic (exact) mass is 516 g/mol. The Bertz CT molecular complexity index is 922. The summed E-state index contributed by atoms with van der Waals surface area (Å²) in [6, 6.07) is 3.61. The zero-order chi connectivity index (χ0) is 25.3. The van der Waals surface area contributed by atoms with Crippen molar-refractivity contribution in [2.24, 2.45) is 17.8 Å². The highest BCUT2D eigenvalue weighted by Gasteiger charge is 2.52. The topological polar surface area (TPSA) is 77.1 Å². The van der Waals surface area contributed by atoms with Gasteiger partial charge in [0.1, 0.15) is 6.04 Å². The van der Waals surface area contributed by atoms with E-state index in [1.807, 2.05) is 17.0 Å². The summed E-state index contributed by atoms with van der Waals surface area (Å²) < 4.78 is 16.3. The van der Waals surface area contributed by atoms with Crippen molar-refractivity contribution >= 4 is 22.9 Å². The van der Waals surface area contributed by atoms with Crippen molar-refractivity contribution in [1.82, 2.24) is 10.2 Å². The molecule has 1 N–H and O–H groups in total. The minimum Gasteiger partial charge on any atom is -0.493 e. The third kappa shape index (κ3) is 5.15. The molecule has 1 unspecified atom stereocenters. The molecule has 4 saturated carbocycles. The van der Waals surface area contributed by atoms with Gasteiger partial charge in [-0.05, 0) is 99.7 Å². The van der Waals surface area contributed by atoms with Gasteiger partial charge in [0.2, 0.25) is 10.9 Å². The number of amides is 2. The van der Waals surface area contributed by atoms with Crippen molar-refractivity contribution in [3.05, 3.63) is 17.7 Å². The molecule has 5 aliphatic rings. The Labute approximate surface area is 219 Å². The summed E-state index contributed by atoms with van der Waals surface area (Å²) in [5, 5.41) is 3.59. The zero-order valence-corrected chi connectivity index (χ0v) is 22.7. The maximum absolute atomic E-state index is 13.4. The number of carbonyl (C=O) groups is 2. The number of nitrogens with zero attached hydrogens (tertiary/aromatic N) is 1. The number of hydrogen-bond donors (Lipinski definition) is 1. The van der Waals surface area contributed by atoms with E-state index in [2.05, 4.69) is 5.32 Å². The standard InChI is InChI=1S/C28H40N2O5S/c1-33-23-13-18(14-24(34-2)25(23)35-3)6-5-9-36-26(31)22-7-4-8-30(22)27(32)29-28-15-19-10-20(16-28)12-21(11-19)17-28/h13-14,19-22H,4-12,15-17H2,1-3H3,(H,29,32). The van der Waals surface area contributed by atoms with Gasteiger partial charge in [-0.1, -0.05) is 11.8 Å². The normalized spacial score (nSPS) is 30.4. The summed E-state index contributed by atoms with van der Waals surface area (Å²) in [5.41, 5.74) is 1.06. The van der Waals surface area contributed by atoms with Gasteiger partial charge in [-0.25, -0.2) is 4.79 Å². The summed E-state index contributed by atoms with van der Waals surface area (Å²) in [7, 11) is 4.82. The van der Waals surface area contributed by atoms with Gasteiger partial charge >= 0.3 is 6.03 Å². The first-order valence-corrected chi connectivity index (χ1v) is 14.5. The Balaban J connectivity index is 1.12. The van der Waals surface area contributed by atoms with Crippen LogP contribution >= 0.6 is 11.8 Å². The molecule has 1 atom stereocenters. The lowest BCUT2D eigenvalue weighted by molar-refractivity contribution is -0.114. The Hall–Kier alpha value is -2.09. The van der Waals surface area contributed by atoms with Crippen molar-refractivity contribution in [1.29, 1.82) is 0 Å². The van der Waals surface area contributed by atoms with Crippen LogP contribution in [0.3, 0.4) is 0 Å². The van der Waals surface area contributed by atoms with Gasteiger partial charge in [-0.15, -0.1) is 0 Å². The van der Waals surface area contributed by atoms with E-state index in [9.17, 15) is 9.59 Å². The molecule has 1 heterocycles. The van der Waals surface area contributed by atoms with E-state index in [0.29, 0.717) is 23.8 Å². The molecule has 6 rings (SSSR count). The van der Waals surface area contributed by atoms with Crippen LogP contribution in [0.25, 0.3) is 0 Å². The minimum atomic E-state index is -0.301. The van der Waals surface area contributed by atoms with Crippen LogP contribution in [0, 0.1) is 17.8 Å². The number of benzene rings is 1. The summed E-state index contributed by atoms with van der Waals surface area (Å²) >= 11 is 1.36. The van der Waals surface area contributed by atoms with Gasteiger partial charge in [0.05, 0.1) is 21.3 Å². The van der Waals surface area contributed by atoms with Gasteiger partial charge in [-0.2, -0.15) is 0 Å². The van der Waals surface area contributed by atoms with Crippen molar-refractivity contribution in [3.8, 4) is 17.2 Å². The predicted molar refractivity (Wildman–Crippen MR) is 141 cm³/mol. The van der Waals surface area contributed by atoms with E-state index in [-0.39, 0.29) is 22.7 Å². The van der Waals surface area contributed by atoms with Gasteiger partial charge in [-0.3, -0.25) is 4.79 Å². The molecule has 0 spiro atoms. The second kappa shape index (κ2) is 10.7. The van der Waals surface area contributed by atoms with Crippen LogP contribution in [-0.2, 0) is 11.2 Å². The third-order valence-corrected chi connectivity index (χ3v) is 9.82. The van der Waals surface area contributed by atoms with Crippen LogP contribution < -0.4 is 19.5 Å². The van der Waals surface area contributed by atoms with Crippen molar-refractivity contribution in [3.63, 3.8) is 0 Å². The Kier molecular flexibility index (Phi) is 7.61. The molecule has 1 aromatic rings. The molecule has 0 radical (unpaired) electrons. The minimum absolute atomic E-state index is 0.00850. The quantitative estimate of drug-likeness (QED) is 0.463. The first kappa shape index (κ1) is 25.6. The second-order valence-electron chi connectivity index (χ2n) is 11.3. The molecule has 4 bridgehead atoms. The fourth-order valence-electron chi connectivity index (χ4n) is 7.64. The second-order valence-corrected chi connectivity index (χ2v) is 12.4. The molecule has 0 aromatic heterocycles. The number of rotatable bonds is 9. The summed E-state index contributed by atoms with van der Waals surface area (Å²) in [5.74, 6) is 4.94. The molecular formula is C28H40N2O5S. The average Bonchev–Trinajstić information content (AvgIpc) is 3.35. The van der Waals surface area contributed by atoms with Crippen molar-refractivity contribution < 1.29 is 23.8 Å². The van der Waals surface area contributed by atoms with E-state index >= 15 is 0 Å². The van der Waals surface area contributed by atoms with E-state index < -0.39 is 0 Å². The highest BCUT2D eigenvalue weighted by molar-refractivity contribution is 8.13. The maximum atomic E-state index is 13.4. The van der Waals surface area contributed by atoms with Gasteiger partial charge in [0.15, 0.2) is 11.5 Å². The fourth-order valence-corrected chi connectivity index (χ4v) is 8.57. The largest absolute Gasteiger partial charge is 0.493 e. The molecule has 5 fully saturated rings. The number of thioether (sulfide) groups is 1. The van der Waals surface area contributed by atoms with Crippen LogP contribution in [0.1, 0.15) is 63.4 Å². The molecule has 36 heavy (non-hydrogen) atoms. The van der Waals surface area contributed by atoms with E-state index in [0.717, 1.165) is 74.0 Å². The lowest BCUT2D eigenvalue weighted by Crippen LogP contribution is -2.62. The Morgan fingerprint density at radius 3 is 2.17 bits per heavy atom. The van der Waals surface area contributed by atoms with E-state index in [4.69, 9.17) is 14.2 Å². The van der Waals surface area contributed by atoms with Crippen molar-refractivity contribution in [2.75, 3.05) is 33.6 Å². The van der Waals surface area contributed by atoms with Crippen LogP contribution in [0.15, 0.2) is 12.1 Å². The SMILES string of the molecule is COc1cc(CCCSC(=O)C2CCCN2C(=O)NC23CC4CC(CC(C4)C2)C3)cc(OC)c1OC. The maximum Gasteiger partial charge on any atom is 0.318 e. The number of ether oxygens (including phenoxy) is 3. The Morgan fingerprint density at radius 2 is 1.61 bits per heavy atom. The fraction of sp³-hybridized carbons (Fsp3) is 0.714. The number of likely N-dealkylation sites (tertiary alicyclic amines) is 1. The number of carbonyl (C=O) groups excluding carboxylic acids is 2.